The molecule has 0 aromatic heterocycles. The molecule has 0 aliphatic heterocycles. The van der Waals surface area contributed by atoms with Gasteiger partial charge >= 0.3 is 0 Å². The first-order valence-corrected chi connectivity index (χ1v) is 5.05. The molecule has 0 nitrogen and oxygen atoms in total. The van der Waals surface area contributed by atoms with Crippen LogP contribution in [0.2, 0.25) is 0 Å². The lowest BCUT2D eigenvalue weighted by atomic mass is 10.1. The summed E-state index contributed by atoms with van der Waals surface area (Å²) in [4.78, 5) is 0. The molecule has 0 saturated heterocycles. The SMILES string of the molecule is C/C=C/CCc1cccc(CC)c1. The molecule has 0 atom stereocenters. The third-order valence-corrected chi connectivity index (χ3v) is 2.24. The Hall–Kier alpha value is -1.04. The van der Waals surface area contributed by atoms with Crippen molar-refractivity contribution in [3.63, 3.8) is 0 Å². The van der Waals surface area contributed by atoms with Crippen LogP contribution in [-0.2, 0) is 12.8 Å². The van der Waals surface area contributed by atoms with E-state index in [0.29, 0.717) is 0 Å². The maximum Gasteiger partial charge on any atom is -0.0244 e. The van der Waals surface area contributed by atoms with Crippen LogP contribution in [0.15, 0.2) is 36.4 Å². The van der Waals surface area contributed by atoms with E-state index in [2.05, 4.69) is 50.3 Å². The largest absolute Gasteiger partial charge is 0.0917 e. The average molecular weight is 174 g/mol. The van der Waals surface area contributed by atoms with Gasteiger partial charge in [-0.25, -0.2) is 0 Å². The minimum absolute atomic E-state index is 1.14. The monoisotopic (exact) mass is 174 g/mol. The second-order valence-corrected chi connectivity index (χ2v) is 3.28. The van der Waals surface area contributed by atoms with Crippen molar-refractivity contribution < 1.29 is 0 Å². The summed E-state index contributed by atoms with van der Waals surface area (Å²) >= 11 is 0. The Bertz CT molecular complexity index is 271. The zero-order valence-electron chi connectivity index (χ0n) is 8.59. The molecule has 0 amide bonds. The summed E-state index contributed by atoms with van der Waals surface area (Å²) in [7, 11) is 0. The maximum absolute atomic E-state index is 2.31. The van der Waals surface area contributed by atoms with Crippen LogP contribution in [0.25, 0.3) is 0 Å². The zero-order valence-corrected chi connectivity index (χ0v) is 8.59. The average Bonchev–Trinajstić information content (AvgIpc) is 2.19. The zero-order chi connectivity index (χ0) is 9.52. The molecular weight excluding hydrogens is 156 g/mol. The first kappa shape index (κ1) is 10.0. The van der Waals surface area contributed by atoms with Gasteiger partial charge < -0.3 is 0 Å². The minimum Gasteiger partial charge on any atom is -0.0917 e. The number of hydrogen-bond acceptors (Lipinski definition) is 0. The lowest BCUT2D eigenvalue weighted by molar-refractivity contribution is 0.989. The molecule has 0 N–H and O–H groups in total. The van der Waals surface area contributed by atoms with Gasteiger partial charge in [0.2, 0.25) is 0 Å². The summed E-state index contributed by atoms with van der Waals surface area (Å²) in [5.41, 5.74) is 2.90. The summed E-state index contributed by atoms with van der Waals surface area (Å²) < 4.78 is 0. The Morgan fingerprint density at radius 1 is 1.23 bits per heavy atom. The van der Waals surface area contributed by atoms with Crippen molar-refractivity contribution in [2.45, 2.75) is 33.1 Å². The van der Waals surface area contributed by atoms with Crippen LogP contribution in [0.4, 0.5) is 0 Å². The molecule has 0 unspecified atom stereocenters. The highest BCUT2D eigenvalue weighted by atomic mass is 14.0. The second kappa shape index (κ2) is 5.58. The number of allylic oxidation sites excluding steroid dienone is 2. The third kappa shape index (κ3) is 3.45. The van der Waals surface area contributed by atoms with E-state index in [1.807, 2.05) is 0 Å². The second-order valence-electron chi connectivity index (χ2n) is 3.28. The summed E-state index contributed by atoms with van der Waals surface area (Å²) in [6.07, 6.45) is 7.79. The molecule has 13 heavy (non-hydrogen) atoms. The van der Waals surface area contributed by atoms with Crippen LogP contribution in [0.1, 0.15) is 31.4 Å². The molecule has 0 heterocycles. The lowest BCUT2D eigenvalue weighted by Crippen LogP contribution is -1.86. The van der Waals surface area contributed by atoms with Crippen LogP contribution in [0, 0.1) is 0 Å². The quantitative estimate of drug-likeness (QED) is 0.610. The number of benzene rings is 1. The molecule has 0 fully saturated rings. The fourth-order valence-corrected chi connectivity index (χ4v) is 1.42. The first-order valence-electron chi connectivity index (χ1n) is 5.05. The van der Waals surface area contributed by atoms with E-state index in [-0.39, 0.29) is 0 Å². The van der Waals surface area contributed by atoms with Crippen molar-refractivity contribution in [3.05, 3.63) is 47.5 Å². The van der Waals surface area contributed by atoms with Gasteiger partial charge in [0.1, 0.15) is 0 Å². The van der Waals surface area contributed by atoms with Gasteiger partial charge in [0.05, 0.1) is 0 Å². The van der Waals surface area contributed by atoms with Crippen molar-refractivity contribution in [1.82, 2.24) is 0 Å². The number of rotatable bonds is 4. The van der Waals surface area contributed by atoms with Gasteiger partial charge in [-0.2, -0.15) is 0 Å². The molecule has 0 saturated carbocycles. The highest BCUT2D eigenvalue weighted by Crippen LogP contribution is 2.08. The predicted molar refractivity (Wildman–Crippen MR) is 59.0 cm³/mol. The molecule has 1 aromatic carbocycles. The van der Waals surface area contributed by atoms with Crippen LogP contribution >= 0.6 is 0 Å². The van der Waals surface area contributed by atoms with Crippen molar-refractivity contribution in [2.24, 2.45) is 0 Å². The first-order chi connectivity index (χ1) is 6.36. The van der Waals surface area contributed by atoms with Gasteiger partial charge in [0, 0.05) is 0 Å². The molecule has 0 aliphatic rings. The molecular formula is C13H18. The van der Waals surface area contributed by atoms with Gasteiger partial charge in [-0.05, 0) is 37.3 Å². The van der Waals surface area contributed by atoms with Crippen molar-refractivity contribution in [1.29, 1.82) is 0 Å². The molecule has 70 valence electrons. The normalized spacial score (nSPS) is 10.9. The number of hydrogen-bond donors (Lipinski definition) is 0. The highest BCUT2D eigenvalue weighted by molar-refractivity contribution is 5.23. The van der Waals surface area contributed by atoms with Gasteiger partial charge in [0.25, 0.3) is 0 Å². The molecule has 0 heteroatoms. The van der Waals surface area contributed by atoms with Crippen LogP contribution < -0.4 is 0 Å². The van der Waals surface area contributed by atoms with Crippen LogP contribution in [0.3, 0.4) is 0 Å². The van der Waals surface area contributed by atoms with Crippen molar-refractivity contribution in [2.75, 3.05) is 0 Å². The number of aryl methyl sites for hydroxylation is 2. The van der Waals surface area contributed by atoms with E-state index < -0.39 is 0 Å². The molecule has 1 rings (SSSR count). The van der Waals surface area contributed by atoms with E-state index in [1.54, 1.807) is 0 Å². The molecule has 0 radical (unpaired) electrons. The van der Waals surface area contributed by atoms with Crippen LogP contribution in [-0.4, -0.2) is 0 Å². The fraction of sp³-hybridized carbons (Fsp3) is 0.385. The Morgan fingerprint density at radius 3 is 2.69 bits per heavy atom. The van der Waals surface area contributed by atoms with E-state index in [0.717, 1.165) is 19.3 Å². The topological polar surface area (TPSA) is 0 Å². The van der Waals surface area contributed by atoms with Crippen molar-refractivity contribution in [3.8, 4) is 0 Å². The maximum atomic E-state index is 2.31. The lowest BCUT2D eigenvalue weighted by Gasteiger charge is -2.01. The van der Waals surface area contributed by atoms with E-state index in [4.69, 9.17) is 0 Å². The summed E-state index contributed by atoms with van der Waals surface area (Å²) in [5, 5.41) is 0. The van der Waals surface area contributed by atoms with Crippen LogP contribution in [0.5, 0.6) is 0 Å². The predicted octanol–water partition coefficient (Wildman–Crippen LogP) is 3.76. The molecule has 1 aromatic rings. The van der Waals surface area contributed by atoms with Gasteiger partial charge in [-0.3, -0.25) is 0 Å². The Labute approximate surface area is 81.3 Å². The van der Waals surface area contributed by atoms with E-state index in [9.17, 15) is 0 Å². The molecule has 0 bridgehead atoms. The third-order valence-electron chi connectivity index (χ3n) is 2.24. The highest BCUT2D eigenvalue weighted by Gasteiger charge is 1.92. The van der Waals surface area contributed by atoms with E-state index >= 15 is 0 Å². The van der Waals surface area contributed by atoms with Gasteiger partial charge in [0.15, 0.2) is 0 Å². The summed E-state index contributed by atoms with van der Waals surface area (Å²) in [5.74, 6) is 0. The standard InChI is InChI=1S/C13H18/c1-3-5-6-8-13-10-7-9-12(4-2)11-13/h3,5,7,9-11H,4,6,8H2,1-2H3/b5-3+. The Balaban J connectivity index is 2.56. The molecule has 0 spiro atoms. The molecule has 0 aliphatic carbocycles. The van der Waals surface area contributed by atoms with Crippen molar-refractivity contribution >= 4 is 0 Å². The summed E-state index contributed by atoms with van der Waals surface area (Å²) in [6, 6.07) is 8.87. The van der Waals surface area contributed by atoms with E-state index in [1.165, 1.54) is 11.1 Å². The van der Waals surface area contributed by atoms with Gasteiger partial charge in [-0.15, -0.1) is 0 Å². The summed E-state index contributed by atoms with van der Waals surface area (Å²) in [6.45, 7) is 4.27. The van der Waals surface area contributed by atoms with Gasteiger partial charge in [-0.1, -0.05) is 43.3 Å². The fourth-order valence-electron chi connectivity index (χ4n) is 1.42. The smallest absolute Gasteiger partial charge is 0.0244 e. The Kier molecular flexibility index (Phi) is 4.31. The minimum atomic E-state index is 1.14. The Morgan fingerprint density at radius 2 is 2.00 bits per heavy atom.